The predicted octanol–water partition coefficient (Wildman–Crippen LogP) is 5.94. The highest BCUT2D eigenvalue weighted by atomic mass is 79.9. The molecule has 0 bridgehead atoms. The lowest BCUT2D eigenvalue weighted by atomic mass is 10.0. The monoisotopic (exact) mass is 344 g/mol. The number of alkyl halides is 3. The molecule has 0 aliphatic rings. The maximum atomic E-state index is 14.1. The zero-order chi connectivity index (χ0) is 14.8. The van der Waals surface area contributed by atoms with Crippen LogP contribution in [-0.2, 0) is 6.18 Å². The molecule has 20 heavy (non-hydrogen) atoms. The minimum atomic E-state index is -4.51. The van der Waals surface area contributed by atoms with Crippen LogP contribution in [0.25, 0.3) is 11.9 Å². The molecule has 0 saturated carbocycles. The summed E-state index contributed by atoms with van der Waals surface area (Å²) in [6.45, 7) is 0. The van der Waals surface area contributed by atoms with E-state index in [9.17, 15) is 17.6 Å². The first-order valence-electron chi connectivity index (χ1n) is 5.68. The van der Waals surface area contributed by atoms with Crippen molar-refractivity contribution in [2.45, 2.75) is 6.18 Å². The van der Waals surface area contributed by atoms with Gasteiger partial charge in [-0.25, -0.2) is 4.39 Å². The highest BCUT2D eigenvalue weighted by Gasteiger charge is 2.32. The molecule has 0 heterocycles. The fraction of sp³-hybridized carbons (Fsp3) is 0.0667. The zero-order valence-electron chi connectivity index (χ0n) is 10.1. The number of halogens is 5. The fourth-order valence-corrected chi connectivity index (χ4v) is 2.22. The van der Waals surface area contributed by atoms with Crippen molar-refractivity contribution in [3.63, 3.8) is 0 Å². The van der Waals surface area contributed by atoms with Gasteiger partial charge in [0, 0.05) is 10.0 Å². The van der Waals surface area contributed by atoms with Gasteiger partial charge in [0.15, 0.2) is 0 Å². The van der Waals surface area contributed by atoms with Crippen molar-refractivity contribution >= 4 is 27.8 Å². The Morgan fingerprint density at radius 2 is 1.55 bits per heavy atom. The lowest BCUT2D eigenvalue weighted by Crippen LogP contribution is -2.06. The van der Waals surface area contributed by atoms with E-state index < -0.39 is 17.6 Å². The second kappa shape index (κ2) is 5.79. The van der Waals surface area contributed by atoms with Gasteiger partial charge in [-0.1, -0.05) is 52.3 Å². The lowest BCUT2D eigenvalue weighted by Gasteiger charge is -2.10. The van der Waals surface area contributed by atoms with Gasteiger partial charge in [0.05, 0.1) is 5.56 Å². The summed E-state index contributed by atoms with van der Waals surface area (Å²) < 4.78 is 53.1. The third-order valence-electron chi connectivity index (χ3n) is 2.68. The SMILES string of the molecule is F/C(=C/c1ccccc1C(F)(F)F)c1ccccc1Br. The number of rotatable bonds is 2. The molecule has 0 aliphatic carbocycles. The van der Waals surface area contributed by atoms with Crippen LogP contribution in [0.5, 0.6) is 0 Å². The van der Waals surface area contributed by atoms with E-state index in [0.29, 0.717) is 4.47 Å². The van der Waals surface area contributed by atoms with Gasteiger partial charge in [0.1, 0.15) is 5.83 Å². The molecule has 0 aliphatic heterocycles. The van der Waals surface area contributed by atoms with E-state index in [1.165, 1.54) is 24.3 Å². The van der Waals surface area contributed by atoms with Crippen LogP contribution >= 0.6 is 15.9 Å². The summed E-state index contributed by atoms with van der Waals surface area (Å²) in [5, 5.41) is 0. The number of benzene rings is 2. The van der Waals surface area contributed by atoms with Gasteiger partial charge >= 0.3 is 6.18 Å². The Morgan fingerprint density at radius 1 is 0.950 bits per heavy atom. The van der Waals surface area contributed by atoms with E-state index in [4.69, 9.17) is 0 Å². The van der Waals surface area contributed by atoms with Gasteiger partial charge < -0.3 is 0 Å². The van der Waals surface area contributed by atoms with Crippen LogP contribution in [0, 0.1) is 0 Å². The van der Waals surface area contributed by atoms with Gasteiger partial charge in [-0.05, 0) is 23.8 Å². The molecular formula is C15H9BrF4. The van der Waals surface area contributed by atoms with E-state index in [2.05, 4.69) is 15.9 Å². The molecule has 0 saturated heterocycles. The Hall–Kier alpha value is -1.62. The lowest BCUT2D eigenvalue weighted by molar-refractivity contribution is -0.137. The molecule has 0 fully saturated rings. The quantitative estimate of drug-likeness (QED) is 0.467. The summed E-state index contributed by atoms with van der Waals surface area (Å²) in [7, 11) is 0. The first-order chi connectivity index (χ1) is 9.39. The topological polar surface area (TPSA) is 0 Å². The summed E-state index contributed by atoms with van der Waals surface area (Å²) in [6, 6.07) is 11.3. The minimum absolute atomic E-state index is 0.201. The molecule has 2 aromatic rings. The average molecular weight is 345 g/mol. The average Bonchev–Trinajstić information content (AvgIpc) is 2.38. The molecular weight excluding hydrogens is 336 g/mol. The Bertz CT molecular complexity index is 644. The second-order valence-electron chi connectivity index (χ2n) is 4.06. The van der Waals surface area contributed by atoms with Crippen LogP contribution in [0.1, 0.15) is 16.7 Å². The van der Waals surface area contributed by atoms with Crippen molar-refractivity contribution in [3.8, 4) is 0 Å². The van der Waals surface area contributed by atoms with Crippen LogP contribution in [0.4, 0.5) is 17.6 Å². The van der Waals surface area contributed by atoms with Gasteiger partial charge in [-0.3, -0.25) is 0 Å². The maximum absolute atomic E-state index is 14.1. The summed E-state index contributed by atoms with van der Waals surface area (Å²) in [6.07, 6.45) is -3.62. The molecule has 0 unspecified atom stereocenters. The van der Waals surface area contributed by atoms with E-state index in [0.717, 1.165) is 12.1 Å². The van der Waals surface area contributed by atoms with E-state index in [1.54, 1.807) is 18.2 Å². The Labute approximate surface area is 121 Å². The third kappa shape index (κ3) is 3.28. The van der Waals surface area contributed by atoms with Crippen molar-refractivity contribution in [3.05, 3.63) is 69.7 Å². The van der Waals surface area contributed by atoms with Crippen LogP contribution in [0.15, 0.2) is 53.0 Å². The standard InChI is InChI=1S/C15H9BrF4/c16-13-8-4-2-6-11(13)14(17)9-10-5-1-3-7-12(10)15(18,19)20/h1-9H/b14-9+. The molecule has 0 nitrogen and oxygen atoms in total. The van der Waals surface area contributed by atoms with Crippen LogP contribution in [0.2, 0.25) is 0 Å². The summed E-state index contributed by atoms with van der Waals surface area (Å²) >= 11 is 3.17. The van der Waals surface area contributed by atoms with Crippen LogP contribution in [0.3, 0.4) is 0 Å². The first kappa shape index (κ1) is 14.8. The molecule has 0 N–H and O–H groups in total. The molecule has 2 rings (SSSR count). The van der Waals surface area contributed by atoms with Crippen molar-refractivity contribution in [2.75, 3.05) is 0 Å². The molecule has 0 atom stereocenters. The molecule has 104 valence electrons. The van der Waals surface area contributed by atoms with Crippen LogP contribution in [-0.4, -0.2) is 0 Å². The minimum Gasteiger partial charge on any atom is -0.206 e. The molecule has 0 spiro atoms. The number of hydrogen-bond acceptors (Lipinski definition) is 0. The highest BCUT2D eigenvalue weighted by Crippen LogP contribution is 2.34. The molecule has 5 heteroatoms. The van der Waals surface area contributed by atoms with Crippen molar-refractivity contribution in [2.24, 2.45) is 0 Å². The summed E-state index contributed by atoms with van der Waals surface area (Å²) in [5.74, 6) is -0.728. The second-order valence-corrected chi connectivity index (χ2v) is 4.91. The predicted molar refractivity (Wildman–Crippen MR) is 74.6 cm³/mol. The Balaban J connectivity index is 2.49. The Morgan fingerprint density at radius 3 is 2.20 bits per heavy atom. The van der Waals surface area contributed by atoms with E-state index in [1.807, 2.05) is 0 Å². The third-order valence-corrected chi connectivity index (χ3v) is 3.37. The van der Waals surface area contributed by atoms with Crippen molar-refractivity contribution in [1.82, 2.24) is 0 Å². The fourth-order valence-electron chi connectivity index (χ4n) is 1.75. The number of hydrogen-bond donors (Lipinski definition) is 0. The van der Waals surface area contributed by atoms with E-state index in [-0.39, 0.29) is 11.1 Å². The van der Waals surface area contributed by atoms with Gasteiger partial charge in [0.2, 0.25) is 0 Å². The largest absolute Gasteiger partial charge is 0.416 e. The molecule has 0 aromatic heterocycles. The summed E-state index contributed by atoms with van der Waals surface area (Å²) in [4.78, 5) is 0. The van der Waals surface area contributed by atoms with Crippen molar-refractivity contribution in [1.29, 1.82) is 0 Å². The van der Waals surface area contributed by atoms with Gasteiger partial charge in [-0.2, -0.15) is 13.2 Å². The highest BCUT2D eigenvalue weighted by molar-refractivity contribution is 9.10. The smallest absolute Gasteiger partial charge is 0.206 e. The van der Waals surface area contributed by atoms with Gasteiger partial charge in [0.25, 0.3) is 0 Å². The summed E-state index contributed by atoms with van der Waals surface area (Å²) in [5.41, 5.74) is -0.847. The Kier molecular flexibility index (Phi) is 4.28. The molecule has 2 aromatic carbocycles. The van der Waals surface area contributed by atoms with Gasteiger partial charge in [-0.15, -0.1) is 0 Å². The first-order valence-corrected chi connectivity index (χ1v) is 6.47. The van der Waals surface area contributed by atoms with E-state index >= 15 is 0 Å². The maximum Gasteiger partial charge on any atom is 0.416 e. The van der Waals surface area contributed by atoms with Crippen molar-refractivity contribution < 1.29 is 17.6 Å². The molecule has 0 amide bonds. The van der Waals surface area contributed by atoms with Crippen LogP contribution < -0.4 is 0 Å². The normalized spacial score (nSPS) is 12.6. The zero-order valence-corrected chi connectivity index (χ0v) is 11.7. The molecule has 0 radical (unpaired) electrons.